The third-order valence-corrected chi connectivity index (χ3v) is 4.61. The molecule has 5 heteroatoms. The molecule has 4 nitrogen and oxygen atoms in total. The average molecular weight is 343 g/mol. The normalized spacial score (nSPS) is 14.5. The highest BCUT2D eigenvalue weighted by Gasteiger charge is 2.25. The molecule has 1 heterocycles. The topological polar surface area (TPSA) is 40.6 Å². The lowest BCUT2D eigenvalue weighted by molar-refractivity contribution is -0.131. The minimum absolute atomic E-state index is 0.0220. The number of piperazine rings is 1. The lowest BCUT2D eigenvalue weighted by atomic mass is 10.1. The van der Waals surface area contributed by atoms with Crippen molar-refractivity contribution in [2.45, 2.75) is 6.42 Å². The maximum absolute atomic E-state index is 12.4. The summed E-state index contributed by atoms with van der Waals surface area (Å²) in [6, 6.07) is 16.6. The molecule has 1 aliphatic rings. The van der Waals surface area contributed by atoms with Crippen LogP contribution in [0.3, 0.4) is 0 Å². The molecular formula is C19H19ClN2O2. The summed E-state index contributed by atoms with van der Waals surface area (Å²) in [5, 5.41) is 0.615. The molecule has 0 unspecified atom stereocenters. The summed E-state index contributed by atoms with van der Waals surface area (Å²) in [5.41, 5.74) is 1.53. The Morgan fingerprint density at radius 2 is 1.42 bits per heavy atom. The van der Waals surface area contributed by atoms with Gasteiger partial charge in [-0.1, -0.05) is 48.0 Å². The first-order valence-electron chi connectivity index (χ1n) is 8.00. The molecule has 1 saturated heterocycles. The van der Waals surface area contributed by atoms with Crippen molar-refractivity contribution in [3.63, 3.8) is 0 Å². The van der Waals surface area contributed by atoms with Crippen molar-refractivity contribution in [2.24, 2.45) is 0 Å². The molecule has 1 aliphatic heterocycles. The van der Waals surface area contributed by atoms with Crippen LogP contribution >= 0.6 is 11.6 Å². The molecule has 0 aliphatic carbocycles. The lowest BCUT2D eigenvalue weighted by Gasteiger charge is -2.35. The summed E-state index contributed by atoms with van der Waals surface area (Å²) in [6.07, 6.45) is 0.298. The fraction of sp³-hybridized carbons (Fsp3) is 0.263. The first-order chi connectivity index (χ1) is 11.6. The van der Waals surface area contributed by atoms with Crippen LogP contribution < -0.4 is 0 Å². The predicted octanol–water partition coefficient (Wildman–Crippen LogP) is 2.87. The Balaban J connectivity index is 1.56. The SMILES string of the molecule is O=C(Cc1ccccc1Cl)N1CCN(C(=O)c2ccccc2)CC1. The second-order valence-corrected chi connectivity index (χ2v) is 6.21. The molecule has 0 saturated carbocycles. The van der Waals surface area contributed by atoms with Gasteiger partial charge >= 0.3 is 0 Å². The molecule has 0 spiro atoms. The van der Waals surface area contributed by atoms with Gasteiger partial charge in [0.2, 0.25) is 5.91 Å². The van der Waals surface area contributed by atoms with Gasteiger partial charge in [-0.2, -0.15) is 0 Å². The Kier molecular flexibility index (Phi) is 5.16. The van der Waals surface area contributed by atoms with Crippen LogP contribution in [0.5, 0.6) is 0 Å². The summed E-state index contributed by atoms with van der Waals surface area (Å²) in [7, 11) is 0. The summed E-state index contributed by atoms with van der Waals surface area (Å²) in [6.45, 7) is 2.23. The Hall–Kier alpha value is -2.33. The number of carbonyl (C=O) groups is 2. The number of halogens is 1. The van der Waals surface area contributed by atoms with E-state index < -0.39 is 0 Å². The molecule has 2 amide bonds. The zero-order chi connectivity index (χ0) is 16.9. The average Bonchev–Trinajstić information content (AvgIpc) is 2.64. The highest BCUT2D eigenvalue weighted by molar-refractivity contribution is 6.31. The maximum atomic E-state index is 12.4. The van der Waals surface area contributed by atoms with Gasteiger partial charge in [-0.25, -0.2) is 0 Å². The van der Waals surface area contributed by atoms with Crippen molar-refractivity contribution >= 4 is 23.4 Å². The van der Waals surface area contributed by atoms with Crippen LogP contribution in [0.4, 0.5) is 0 Å². The molecule has 0 atom stereocenters. The van der Waals surface area contributed by atoms with Crippen LogP contribution in [0.15, 0.2) is 54.6 Å². The first kappa shape index (κ1) is 16.5. The van der Waals surface area contributed by atoms with Gasteiger partial charge in [-0.3, -0.25) is 9.59 Å². The van der Waals surface area contributed by atoms with E-state index in [4.69, 9.17) is 11.6 Å². The van der Waals surface area contributed by atoms with Crippen LogP contribution in [0.2, 0.25) is 5.02 Å². The van der Waals surface area contributed by atoms with Crippen molar-refractivity contribution in [3.05, 3.63) is 70.7 Å². The van der Waals surface area contributed by atoms with Crippen LogP contribution in [0, 0.1) is 0 Å². The van der Waals surface area contributed by atoms with Crippen molar-refractivity contribution in [1.82, 2.24) is 9.80 Å². The van der Waals surface area contributed by atoms with Gasteiger partial charge in [0.15, 0.2) is 0 Å². The summed E-state index contributed by atoms with van der Waals surface area (Å²) in [4.78, 5) is 28.5. The second kappa shape index (κ2) is 7.49. The van der Waals surface area contributed by atoms with E-state index in [1.165, 1.54) is 0 Å². The molecule has 0 radical (unpaired) electrons. The zero-order valence-corrected chi connectivity index (χ0v) is 14.1. The van der Waals surface area contributed by atoms with Crippen molar-refractivity contribution in [2.75, 3.05) is 26.2 Å². The van der Waals surface area contributed by atoms with E-state index in [1.807, 2.05) is 48.5 Å². The third kappa shape index (κ3) is 3.77. The highest BCUT2D eigenvalue weighted by atomic mass is 35.5. The molecule has 2 aromatic rings. The van der Waals surface area contributed by atoms with Gasteiger partial charge in [0.05, 0.1) is 6.42 Å². The van der Waals surface area contributed by atoms with Gasteiger partial charge < -0.3 is 9.80 Å². The Bertz CT molecular complexity index is 725. The Morgan fingerprint density at radius 1 is 0.833 bits per heavy atom. The van der Waals surface area contributed by atoms with E-state index in [0.29, 0.717) is 43.2 Å². The van der Waals surface area contributed by atoms with E-state index in [2.05, 4.69) is 0 Å². The van der Waals surface area contributed by atoms with Gasteiger partial charge in [-0.05, 0) is 23.8 Å². The predicted molar refractivity (Wildman–Crippen MR) is 94.1 cm³/mol. The summed E-state index contributed by atoms with van der Waals surface area (Å²) < 4.78 is 0. The maximum Gasteiger partial charge on any atom is 0.253 e. The van der Waals surface area contributed by atoms with E-state index in [0.717, 1.165) is 5.56 Å². The number of benzene rings is 2. The second-order valence-electron chi connectivity index (χ2n) is 5.81. The molecule has 1 fully saturated rings. The van der Waals surface area contributed by atoms with Gasteiger partial charge in [0.25, 0.3) is 5.91 Å². The van der Waals surface area contributed by atoms with E-state index >= 15 is 0 Å². The van der Waals surface area contributed by atoms with Gasteiger partial charge in [0.1, 0.15) is 0 Å². The Morgan fingerprint density at radius 3 is 2.08 bits per heavy atom. The largest absolute Gasteiger partial charge is 0.339 e. The molecular weight excluding hydrogens is 324 g/mol. The number of rotatable bonds is 3. The zero-order valence-electron chi connectivity index (χ0n) is 13.3. The fourth-order valence-electron chi connectivity index (χ4n) is 2.84. The number of nitrogens with zero attached hydrogens (tertiary/aromatic N) is 2. The molecule has 0 N–H and O–H groups in total. The molecule has 0 aromatic heterocycles. The fourth-order valence-corrected chi connectivity index (χ4v) is 3.04. The van der Waals surface area contributed by atoms with Crippen LogP contribution in [0.1, 0.15) is 15.9 Å². The molecule has 0 bridgehead atoms. The van der Waals surface area contributed by atoms with Crippen LogP contribution in [0.25, 0.3) is 0 Å². The van der Waals surface area contributed by atoms with E-state index in [9.17, 15) is 9.59 Å². The minimum Gasteiger partial charge on any atom is -0.339 e. The number of carbonyl (C=O) groups excluding carboxylic acids is 2. The number of hydrogen-bond donors (Lipinski definition) is 0. The molecule has 124 valence electrons. The van der Waals surface area contributed by atoms with E-state index in [-0.39, 0.29) is 11.8 Å². The standard InChI is InChI=1S/C19H19ClN2O2/c20-17-9-5-4-8-16(17)14-18(23)21-10-12-22(13-11-21)19(24)15-6-2-1-3-7-15/h1-9H,10-14H2. The molecule has 3 rings (SSSR count). The molecule has 24 heavy (non-hydrogen) atoms. The summed E-state index contributed by atoms with van der Waals surface area (Å²) in [5.74, 6) is 0.0729. The summed E-state index contributed by atoms with van der Waals surface area (Å²) >= 11 is 6.12. The quantitative estimate of drug-likeness (QED) is 0.860. The van der Waals surface area contributed by atoms with E-state index in [1.54, 1.807) is 15.9 Å². The third-order valence-electron chi connectivity index (χ3n) is 4.24. The first-order valence-corrected chi connectivity index (χ1v) is 8.38. The van der Waals surface area contributed by atoms with Crippen LogP contribution in [-0.2, 0) is 11.2 Å². The van der Waals surface area contributed by atoms with Crippen molar-refractivity contribution < 1.29 is 9.59 Å². The van der Waals surface area contributed by atoms with Crippen LogP contribution in [-0.4, -0.2) is 47.8 Å². The van der Waals surface area contributed by atoms with Gasteiger partial charge in [-0.15, -0.1) is 0 Å². The number of amides is 2. The molecule has 2 aromatic carbocycles. The number of hydrogen-bond acceptors (Lipinski definition) is 2. The highest BCUT2D eigenvalue weighted by Crippen LogP contribution is 2.17. The van der Waals surface area contributed by atoms with Crippen molar-refractivity contribution in [1.29, 1.82) is 0 Å². The van der Waals surface area contributed by atoms with Crippen molar-refractivity contribution in [3.8, 4) is 0 Å². The minimum atomic E-state index is 0.0220. The smallest absolute Gasteiger partial charge is 0.253 e. The lowest BCUT2D eigenvalue weighted by Crippen LogP contribution is -2.51. The van der Waals surface area contributed by atoms with Gasteiger partial charge in [0, 0.05) is 36.8 Å². The monoisotopic (exact) mass is 342 g/mol. The Labute approximate surface area is 146 Å².